The van der Waals surface area contributed by atoms with E-state index in [9.17, 15) is 4.79 Å². The van der Waals surface area contributed by atoms with Gasteiger partial charge in [0.05, 0.1) is 23.3 Å². The normalized spacial score (nSPS) is 18.0. The highest BCUT2D eigenvalue weighted by Gasteiger charge is 2.23. The number of nitrogens with zero attached hydrogens (tertiary/aromatic N) is 4. The zero-order valence-electron chi connectivity index (χ0n) is 13.5. The van der Waals surface area contributed by atoms with Crippen LogP contribution in [0.1, 0.15) is 28.4 Å². The standard InChI is InChI=1S/C16H21N5OS/c1-11-14(19-12(2)23-11)8-16(22)20-13-4-3-7-21(10-13)15-9-17-5-6-18-15/h5-6,9,13H,3-4,7-8,10H2,1-2H3,(H,20,22)/t13-/m1/s1. The van der Waals surface area contributed by atoms with Crippen LogP contribution < -0.4 is 10.2 Å². The van der Waals surface area contributed by atoms with E-state index in [1.807, 2.05) is 13.8 Å². The van der Waals surface area contributed by atoms with E-state index in [0.717, 1.165) is 47.3 Å². The fourth-order valence-corrected chi connectivity index (χ4v) is 3.76. The Kier molecular flexibility index (Phi) is 4.85. The molecule has 0 unspecified atom stereocenters. The summed E-state index contributed by atoms with van der Waals surface area (Å²) in [6, 6.07) is 0.151. The van der Waals surface area contributed by atoms with Crippen molar-refractivity contribution in [1.82, 2.24) is 20.3 Å². The van der Waals surface area contributed by atoms with E-state index in [0.29, 0.717) is 6.42 Å². The molecule has 0 spiro atoms. The maximum atomic E-state index is 12.3. The first-order chi connectivity index (χ1) is 11.1. The molecule has 3 rings (SSSR count). The second kappa shape index (κ2) is 7.04. The molecular weight excluding hydrogens is 310 g/mol. The predicted octanol–water partition coefficient (Wildman–Crippen LogP) is 1.88. The van der Waals surface area contributed by atoms with Gasteiger partial charge >= 0.3 is 0 Å². The molecule has 6 nitrogen and oxygen atoms in total. The first kappa shape index (κ1) is 15.9. The highest BCUT2D eigenvalue weighted by atomic mass is 32.1. The second-order valence-electron chi connectivity index (χ2n) is 5.83. The Morgan fingerprint density at radius 1 is 1.43 bits per heavy atom. The molecule has 0 aliphatic carbocycles. The highest BCUT2D eigenvalue weighted by molar-refractivity contribution is 7.11. The quantitative estimate of drug-likeness (QED) is 0.926. The van der Waals surface area contributed by atoms with Crippen molar-refractivity contribution < 1.29 is 4.79 Å². The van der Waals surface area contributed by atoms with E-state index in [1.165, 1.54) is 0 Å². The number of piperidine rings is 1. The van der Waals surface area contributed by atoms with Crippen molar-refractivity contribution in [2.75, 3.05) is 18.0 Å². The number of aryl methyl sites for hydroxylation is 2. The Morgan fingerprint density at radius 2 is 2.30 bits per heavy atom. The van der Waals surface area contributed by atoms with Gasteiger partial charge in [0.2, 0.25) is 5.91 Å². The molecule has 0 bridgehead atoms. The number of thiazole rings is 1. The van der Waals surface area contributed by atoms with Crippen LogP contribution in [0, 0.1) is 13.8 Å². The summed E-state index contributed by atoms with van der Waals surface area (Å²) >= 11 is 1.64. The average molecular weight is 331 g/mol. The van der Waals surface area contributed by atoms with Gasteiger partial charge in [-0.1, -0.05) is 0 Å². The van der Waals surface area contributed by atoms with Crippen LogP contribution in [0.15, 0.2) is 18.6 Å². The first-order valence-corrected chi connectivity index (χ1v) is 8.66. The SMILES string of the molecule is Cc1nc(CC(=O)N[C@@H]2CCCN(c3cnccn3)C2)c(C)s1. The van der Waals surface area contributed by atoms with Crippen molar-refractivity contribution in [3.8, 4) is 0 Å². The van der Waals surface area contributed by atoms with Crippen molar-refractivity contribution in [1.29, 1.82) is 0 Å². The molecule has 122 valence electrons. The van der Waals surface area contributed by atoms with Gasteiger partial charge in [0.1, 0.15) is 5.82 Å². The lowest BCUT2D eigenvalue weighted by Gasteiger charge is -2.33. The molecule has 1 N–H and O–H groups in total. The summed E-state index contributed by atoms with van der Waals surface area (Å²) < 4.78 is 0. The molecule has 0 radical (unpaired) electrons. The Hall–Kier alpha value is -2.02. The largest absolute Gasteiger partial charge is 0.353 e. The minimum Gasteiger partial charge on any atom is -0.353 e. The fourth-order valence-electron chi connectivity index (χ4n) is 2.92. The molecule has 7 heteroatoms. The number of hydrogen-bond donors (Lipinski definition) is 1. The van der Waals surface area contributed by atoms with Crippen LogP contribution in [0.4, 0.5) is 5.82 Å². The van der Waals surface area contributed by atoms with Crippen molar-refractivity contribution in [2.24, 2.45) is 0 Å². The molecule has 1 aliphatic heterocycles. The number of carbonyl (C=O) groups excluding carboxylic acids is 1. The predicted molar refractivity (Wildman–Crippen MR) is 90.7 cm³/mol. The van der Waals surface area contributed by atoms with Crippen molar-refractivity contribution in [3.05, 3.63) is 34.2 Å². The number of anilines is 1. The molecule has 2 aromatic rings. The monoisotopic (exact) mass is 331 g/mol. The molecule has 1 amide bonds. The zero-order chi connectivity index (χ0) is 16.2. The van der Waals surface area contributed by atoms with Gasteiger partial charge in [-0.25, -0.2) is 9.97 Å². The number of rotatable bonds is 4. The third-order valence-corrected chi connectivity index (χ3v) is 4.92. The maximum absolute atomic E-state index is 12.3. The van der Waals surface area contributed by atoms with Gasteiger partial charge in [0.15, 0.2) is 0 Å². The van der Waals surface area contributed by atoms with Crippen LogP contribution in [0.2, 0.25) is 0 Å². The Morgan fingerprint density at radius 3 is 3.00 bits per heavy atom. The van der Waals surface area contributed by atoms with E-state index >= 15 is 0 Å². The van der Waals surface area contributed by atoms with Gasteiger partial charge in [-0.2, -0.15) is 0 Å². The summed E-state index contributed by atoms with van der Waals surface area (Å²) in [6.07, 6.45) is 7.53. The van der Waals surface area contributed by atoms with Gasteiger partial charge in [0, 0.05) is 36.4 Å². The van der Waals surface area contributed by atoms with Gasteiger partial charge in [0.25, 0.3) is 0 Å². The van der Waals surface area contributed by atoms with Crippen LogP contribution in [0.25, 0.3) is 0 Å². The maximum Gasteiger partial charge on any atom is 0.226 e. The molecule has 1 aliphatic rings. The van der Waals surface area contributed by atoms with Gasteiger partial charge in [-0.15, -0.1) is 11.3 Å². The zero-order valence-corrected chi connectivity index (χ0v) is 14.3. The molecule has 3 heterocycles. The summed E-state index contributed by atoms with van der Waals surface area (Å²) in [7, 11) is 0. The van der Waals surface area contributed by atoms with Crippen LogP contribution in [-0.2, 0) is 11.2 Å². The molecular formula is C16H21N5OS. The van der Waals surface area contributed by atoms with Gasteiger partial charge in [-0.3, -0.25) is 9.78 Å². The molecule has 0 aromatic carbocycles. The first-order valence-electron chi connectivity index (χ1n) is 7.85. The van der Waals surface area contributed by atoms with E-state index < -0.39 is 0 Å². The lowest BCUT2D eigenvalue weighted by Crippen LogP contribution is -2.48. The van der Waals surface area contributed by atoms with Crippen molar-refractivity contribution in [3.63, 3.8) is 0 Å². The van der Waals surface area contributed by atoms with E-state index in [1.54, 1.807) is 29.9 Å². The summed E-state index contributed by atoms with van der Waals surface area (Å²) in [6.45, 7) is 5.72. The third-order valence-electron chi connectivity index (χ3n) is 3.99. The summed E-state index contributed by atoms with van der Waals surface area (Å²) in [5.74, 6) is 0.918. The lowest BCUT2D eigenvalue weighted by molar-refractivity contribution is -0.121. The average Bonchev–Trinajstić information content (AvgIpc) is 2.86. The topological polar surface area (TPSA) is 71.0 Å². The smallest absolute Gasteiger partial charge is 0.226 e. The molecule has 1 atom stereocenters. The number of hydrogen-bond acceptors (Lipinski definition) is 6. The molecule has 2 aromatic heterocycles. The molecule has 23 heavy (non-hydrogen) atoms. The fraction of sp³-hybridized carbons (Fsp3) is 0.500. The Bertz CT molecular complexity index is 672. The number of nitrogens with one attached hydrogen (secondary N) is 1. The number of amides is 1. The van der Waals surface area contributed by atoms with Crippen molar-refractivity contribution in [2.45, 2.75) is 39.2 Å². The minimum absolute atomic E-state index is 0.0457. The van der Waals surface area contributed by atoms with E-state index in [4.69, 9.17) is 0 Å². The lowest BCUT2D eigenvalue weighted by atomic mass is 10.1. The second-order valence-corrected chi connectivity index (χ2v) is 7.24. The highest BCUT2D eigenvalue weighted by Crippen LogP contribution is 2.18. The minimum atomic E-state index is 0.0457. The molecule has 1 saturated heterocycles. The van der Waals surface area contributed by atoms with Crippen LogP contribution in [-0.4, -0.2) is 40.0 Å². The summed E-state index contributed by atoms with van der Waals surface area (Å²) in [5, 5.41) is 4.15. The molecule has 1 fully saturated rings. The van der Waals surface area contributed by atoms with Crippen LogP contribution in [0.3, 0.4) is 0 Å². The summed E-state index contributed by atoms with van der Waals surface area (Å²) in [5.41, 5.74) is 0.895. The van der Waals surface area contributed by atoms with Gasteiger partial charge < -0.3 is 10.2 Å². The number of carbonyl (C=O) groups is 1. The van der Waals surface area contributed by atoms with E-state index in [-0.39, 0.29) is 11.9 Å². The number of aromatic nitrogens is 3. The van der Waals surface area contributed by atoms with Crippen molar-refractivity contribution >= 4 is 23.1 Å². The van der Waals surface area contributed by atoms with Gasteiger partial charge in [-0.05, 0) is 26.7 Å². The van der Waals surface area contributed by atoms with E-state index in [2.05, 4.69) is 25.2 Å². The third kappa shape index (κ3) is 4.04. The summed E-state index contributed by atoms with van der Waals surface area (Å²) in [4.78, 5) is 28.5. The Labute approximate surface area is 140 Å². The van der Waals surface area contributed by atoms with Crippen LogP contribution in [0.5, 0.6) is 0 Å². The van der Waals surface area contributed by atoms with Crippen LogP contribution >= 0.6 is 11.3 Å². The Balaban J connectivity index is 1.57. The molecule has 0 saturated carbocycles.